The molecule has 1 unspecified atom stereocenters. The van der Waals surface area contributed by atoms with Gasteiger partial charge in [0.25, 0.3) is 0 Å². The van der Waals surface area contributed by atoms with E-state index in [0.717, 1.165) is 11.3 Å². The van der Waals surface area contributed by atoms with Gasteiger partial charge in [-0.25, -0.2) is 0 Å². The number of benzene rings is 1. The molecule has 0 saturated carbocycles. The van der Waals surface area contributed by atoms with Gasteiger partial charge in [0.15, 0.2) is 0 Å². The van der Waals surface area contributed by atoms with E-state index < -0.39 is 0 Å². The highest BCUT2D eigenvalue weighted by Gasteiger charge is 2.18. The molecule has 4 nitrogen and oxygen atoms in total. The van der Waals surface area contributed by atoms with Crippen LogP contribution in [-0.4, -0.2) is 25.5 Å². The number of hydrogen-bond donors (Lipinski definition) is 2. The van der Waals surface area contributed by atoms with E-state index in [1.807, 2.05) is 43.1 Å². The number of nitrogens with one attached hydrogen (secondary N) is 1. The Labute approximate surface area is 116 Å². The van der Waals surface area contributed by atoms with Gasteiger partial charge in [-0.1, -0.05) is 26.0 Å². The second kappa shape index (κ2) is 7.14. The van der Waals surface area contributed by atoms with Crippen LogP contribution in [0.1, 0.15) is 26.3 Å². The summed E-state index contributed by atoms with van der Waals surface area (Å²) in [5, 5.41) is 2.95. The summed E-state index contributed by atoms with van der Waals surface area (Å²) in [4.78, 5) is 14.0. The fourth-order valence-electron chi connectivity index (χ4n) is 1.72. The first-order valence-corrected chi connectivity index (χ1v) is 6.75. The Morgan fingerprint density at radius 3 is 2.32 bits per heavy atom. The van der Waals surface area contributed by atoms with E-state index in [4.69, 9.17) is 5.73 Å². The summed E-state index contributed by atoms with van der Waals surface area (Å²) in [6, 6.07) is 7.78. The summed E-state index contributed by atoms with van der Waals surface area (Å²) in [5.41, 5.74) is 7.68. The molecule has 19 heavy (non-hydrogen) atoms. The SMILES string of the molecule is CC(C)CNC(=O)C(C)N(C)c1ccc(CN)cc1. The van der Waals surface area contributed by atoms with Crippen molar-refractivity contribution in [1.29, 1.82) is 0 Å². The van der Waals surface area contributed by atoms with E-state index in [9.17, 15) is 4.79 Å². The first-order valence-electron chi connectivity index (χ1n) is 6.75. The molecule has 0 aliphatic rings. The molecule has 106 valence electrons. The molecule has 1 aromatic carbocycles. The summed E-state index contributed by atoms with van der Waals surface area (Å²) >= 11 is 0. The molecule has 0 radical (unpaired) electrons. The predicted molar refractivity (Wildman–Crippen MR) is 80.0 cm³/mol. The van der Waals surface area contributed by atoms with Gasteiger partial charge in [-0.15, -0.1) is 0 Å². The van der Waals surface area contributed by atoms with Crippen LogP contribution in [0.2, 0.25) is 0 Å². The lowest BCUT2D eigenvalue weighted by atomic mass is 10.1. The van der Waals surface area contributed by atoms with E-state index in [2.05, 4.69) is 19.2 Å². The number of likely N-dealkylation sites (N-methyl/N-ethyl adjacent to an activating group) is 1. The van der Waals surface area contributed by atoms with Gasteiger partial charge in [-0.05, 0) is 30.5 Å². The number of anilines is 1. The Morgan fingerprint density at radius 1 is 1.26 bits per heavy atom. The van der Waals surface area contributed by atoms with Gasteiger partial charge in [-0.2, -0.15) is 0 Å². The molecule has 0 aromatic heterocycles. The van der Waals surface area contributed by atoms with Crippen molar-refractivity contribution < 1.29 is 4.79 Å². The maximum atomic E-state index is 12.0. The van der Waals surface area contributed by atoms with Gasteiger partial charge >= 0.3 is 0 Å². The summed E-state index contributed by atoms with van der Waals surface area (Å²) in [6.45, 7) is 7.32. The highest BCUT2D eigenvalue weighted by atomic mass is 16.2. The Bertz CT molecular complexity index is 400. The third-order valence-corrected chi connectivity index (χ3v) is 3.22. The minimum Gasteiger partial charge on any atom is -0.363 e. The molecule has 0 spiro atoms. The van der Waals surface area contributed by atoms with Crippen molar-refractivity contribution in [1.82, 2.24) is 5.32 Å². The van der Waals surface area contributed by atoms with Crippen LogP contribution in [0.15, 0.2) is 24.3 Å². The standard InChI is InChI=1S/C15H25N3O/c1-11(2)10-17-15(19)12(3)18(4)14-7-5-13(9-16)6-8-14/h5-8,11-12H,9-10,16H2,1-4H3,(H,17,19). The van der Waals surface area contributed by atoms with Crippen LogP contribution < -0.4 is 16.0 Å². The zero-order valence-corrected chi connectivity index (χ0v) is 12.3. The molecule has 0 bridgehead atoms. The molecule has 1 aromatic rings. The maximum absolute atomic E-state index is 12.0. The summed E-state index contributed by atoms with van der Waals surface area (Å²) in [7, 11) is 1.93. The van der Waals surface area contributed by atoms with Crippen LogP contribution in [0, 0.1) is 5.92 Å². The van der Waals surface area contributed by atoms with Crippen LogP contribution in [0.3, 0.4) is 0 Å². The molecule has 1 amide bonds. The second-order valence-electron chi connectivity index (χ2n) is 5.30. The number of nitrogens with zero attached hydrogens (tertiary/aromatic N) is 1. The highest BCUT2D eigenvalue weighted by Crippen LogP contribution is 2.16. The number of carbonyl (C=O) groups is 1. The minimum absolute atomic E-state index is 0.0547. The summed E-state index contributed by atoms with van der Waals surface area (Å²) < 4.78 is 0. The first kappa shape index (κ1) is 15.5. The van der Waals surface area contributed by atoms with Crippen molar-refractivity contribution >= 4 is 11.6 Å². The largest absolute Gasteiger partial charge is 0.363 e. The van der Waals surface area contributed by atoms with Gasteiger partial charge in [0, 0.05) is 25.8 Å². The lowest BCUT2D eigenvalue weighted by molar-refractivity contribution is -0.122. The molecule has 0 aliphatic heterocycles. The summed E-state index contributed by atoms with van der Waals surface area (Å²) in [6.07, 6.45) is 0. The van der Waals surface area contributed by atoms with Gasteiger partial charge < -0.3 is 16.0 Å². The van der Waals surface area contributed by atoms with Gasteiger partial charge in [0.1, 0.15) is 6.04 Å². The van der Waals surface area contributed by atoms with E-state index >= 15 is 0 Å². The monoisotopic (exact) mass is 263 g/mol. The molecule has 3 N–H and O–H groups in total. The normalized spacial score (nSPS) is 12.3. The number of rotatable bonds is 6. The van der Waals surface area contributed by atoms with E-state index in [1.54, 1.807) is 0 Å². The average Bonchev–Trinajstić information content (AvgIpc) is 2.43. The fourth-order valence-corrected chi connectivity index (χ4v) is 1.72. The molecule has 0 aliphatic carbocycles. The van der Waals surface area contributed by atoms with E-state index in [-0.39, 0.29) is 11.9 Å². The first-order chi connectivity index (χ1) is 8.95. The van der Waals surface area contributed by atoms with Crippen molar-refractivity contribution in [2.45, 2.75) is 33.4 Å². The van der Waals surface area contributed by atoms with Crippen molar-refractivity contribution in [2.24, 2.45) is 11.7 Å². The maximum Gasteiger partial charge on any atom is 0.242 e. The van der Waals surface area contributed by atoms with Crippen LogP contribution in [0.4, 0.5) is 5.69 Å². The van der Waals surface area contributed by atoms with E-state index in [1.165, 1.54) is 0 Å². The number of amides is 1. The average molecular weight is 263 g/mol. The Kier molecular flexibility index (Phi) is 5.83. The lowest BCUT2D eigenvalue weighted by Crippen LogP contribution is -2.44. The van der Waals surface area contributed by atoms with Gasteiger partial charge in [0.05, 0.1) is 0 Å². The molecular formula is C15H25N3O. The molecule has 1 rings (SSSR count). The zero-order valence-electron chi connectivity index (χ0n) is 12.3. The van der Waals surface area contributed by atoms with Crippen LogP contribution in [-0.2, 0) is 11.3 Å². The Balaban J connectivity index is 2.64. The number of nitrogens with two attached hydrogens (primary N) is 1. The minimum atomic E-state index is -0.192. The van der Waals surface area contributed by atoms with Crippen LogP contribution in [0.5, 0.6) is 0 Å². The second-order valence-corrected chi connectivity index (χ2v) is 5.30. The van der Waals surface area contributed by atoms with Crippen molar-refractivity contribution in [2.75, 3.05) is 18.5 Å². The quantitative estimate of drug-likeness (QED) is 0.822. The topological polar surface area (TPSA) is 58.4 Å². The zero-order chi connectivity index (χ0) is 14.4. The number of carbonyl (C=O) groups excluding carboxylic acids is 1. The van der Waals surface area contributed by atoms with Gasteiger partial charge in [-0.3, -0.25) is 4.79 Å². The van der Waals surface area contributed by atoms with Crippen LogP contribution in [0.25, 0.3) is 0 Å². The predicted octanol–water partition coefficient (Wildman–Crippen LogP) is 1.74. The molecule has 0 heterocycles. The smallest absolute Gasteiger partial charge is 0.242 e. The van der Waals surface area contributed by atoms with Crippen LogP contribution >= 0.6 is 0 Å². The molecular weight excluding hydrogens is 238 g/mol. The van der Waals surface area contributed by atoms with Crippen molar-refractivity contribution in [3.8, 4) is 0 Å². The van der Waals surface area contributed by atoms with Gasteiger partial charge in [0.2, 0.25) is 5.91 Å². The Hall–Kier alpha value is -1.55. The van der Waals surface area contributed by atoms with E-state index in [0.29, 0.717) is 19.0 Å². The lowest BCUT2D eigenvalue weighted by Gasteiger charge is -2.26. The van der Waals surface area contributed by atoms with Crippen molar-refractivity contribution in [3.05, 3.63) is 29.8 Å². The number of hydrogen-bond acceptors (Lipinski definition) is 3. The Morgan fingerprint density at radius 2 is 1.84 bits per heavy atom. The molecule has 1 atom stereocenters. The molecule has 0 saturated heterocycles. The summed E-state index contributed by atoms with van der Waals surface area (Å²) in [5.74, 6) is 0.518. The van der Waals surface area contributed by atoms with Crippen molar-refractivity contribution in [3.63, 3.8) is 0 Å². The fraction of sp³-hybridized carbons (Fsp3) is 0.533. The molecule has 0 fully saturated rings. The third-order valence-electron chi connectivity index (χ3n) is 3.22. The third kappa shape index (κ3) is 4.56. The molecule has 4 heteroatoms. The highest BCUT2D eigenvalue weighted by molar-refractivity contribution is 5.84.